The topological polar surface area (TPSA) is 106 Å². The molecule has 2 aromatic heterocycles. The van der Waals surface area contributed by atoms with Crippen molar-refractivity contribution in [3.63, 3.8) is 0 Å². The number of carbonyl (C=O) groups excluding carboxylic acids is 1. The Balaban J connectivity index is 2.08. The zero-order valence-electron chi connectivity index (χ0n) is 9.80. The fourth-order valence-corrected chi connectivity index (χ4v) is 1.50. The van der Waals surface area contributed by atoms with E-state index in [1.807, 2.05) is 0 Å². The molecule has 7 nitrogen and oxygen atoms in total. The summed E-state index contributed by atoms with van der Waals surface area (Å²) < 4.78 is 1.51. The van der Waals surface area contributed by atoms with Crippen molar-refractivity contribution in [3.05, 3.63) is 46.0 Å². The first-order valence-corrected chi connectivity index (χ1v) is 5.32. The molecule has 0 unspecified atom stereocenters. The molecule has 2 heterocycles. The number of hydrogen-bond acceptors (Lipinski definition) is 4. The Morgan fingerprint density at radius 1 is 1.61 bits per heavy atom. The first-order valence-electron chi connectivity index (χ1n) is 5.32. The summed E-state index contributed by atoms with van der Waals surface area (Å²) in [5.74, 6) is 0.0392. The lowest BCUT2D eigenvalue weighted by molar-refractivity contribution is 0.0949. The van der Waals surface area contributed by atoms with E-state index in [1.54, 1.807) is 19.3 Å². The minimum absolute atomic E-state index is 0.0694. The van der Waals surface area contributed by atoms with Crippen LogP contribution in [0.5, 0.6) is 0 Å². The molecule has 0 aliphatic carbocycles. The number of amides is 1. The lowest BCUT2D eigenvalue weighted by Crippen LogP contribution is -2.29. The monoisotopic (exact) mass is 247 g/mol. The molecule has 0 aromatic carbocycles. The SMILES string of the molecule is Cn1ncc(CNC(=O)c2ccc[nH]c2=O)c1N. The van der Waals surface area contributed by atoms with E-state index < -0.39 is 11.5 Å². The fourth-order valence-electron chi connectivity index (χ4n) is 1.50. The van der Waals surface area contributed by atoms with E-state index in [4.69, 9.17) is 5.73 Å². The molecule has 0 aliphatic heterocycles. The molecule has 1 amide bonds. The Morgan fingerprint density at radius 2 is 2.39 bits per heavy atom. The molecule has 0 spiro atoms. The molecular weight excluding hydrogens is 234 g/mol. The Kier molecular flexibility index (Phi) is 3.13. The molecular formula is C11H13N5O2. The predicted molar refractivity (Wildman–Crippen MR) is 65.9 cm³/mol. The Bertz CT molecular complexity index is 628. The highest BCUT2D eigenvalue weighted by Gasteiger charge is 2.11. The van der Waals surface area contributed by atoms with Gasteiger partial charge in [0.2, 0.25) is 0 Å². The number of anilines is 1. The van der Waals surface area contributed by atoms with Crippen LogP contribution in [0.15, 0.2) is 29.3 Å². The molecule has 0 saturated carbocycles. The summed E-state index contributed by atoms with van der Waals surface area (Å²) in [4.78, 5) is 25.6. The molecule has 18 heavy (non-hydrogen) atoms. The van der Waals surface area contributed by atoms with Crippen molar-refractivity contribution in [3.8, 4) is 0 Å². The molecule has 94 valence electrons. The van der Waals surface area contributed by atoms with Gasteiger partial charge < -0.3 is 16.0 Å². The zero-order valence-corrected chi connectivity index (χ0v) is 9.80. The van der Waals surface area contributed by atoms with E-state index in [0.717, 1.165) is 0 Å². The maximum atomic E-state index is 11.8. The maximum Gasteiger partial charge on any atom is 0.260 e. The van der Waals surface area contributed by atoms with Crippen LogP contribution in [0, 0.1) is 0 Å². The second-order valence-corrected chi connectivity index (χ2v) is 3.77. The molecule has 2 aromatic rings. The third-order valence-electron chi connectivity index (χ3n) is 2.57. The van der Waals surface area contributed by atoms with Crippen LogP contribution in [0.4, 0.5) is 5.82 Å². The van der Waals surface area contributed by atoms with E-state index in [-0.39, 0.29) is 12.1 Å². The zero-order chi connectivity index (χ0) is 13.1. The van der Waals surface area contributed by atoms with Gasteiger partial charge in [0.1, 0.15) is 11.4 Å². The number of nitrogens with one attached hydrogen (secondary N) is 2. The molecule has 7 heteroatoms. The van der Waals surface area contributed by atoms with E-state index in [0.29, 0.717) is 11.4 Å². The van der Waals surface area contributed by atoms with Gasteiger partial charge in [-0.15, -0.1) is 0 Å². The van der Waals surface area contributed by atoms with Gasteiger partial charge >= 0.3 is 0 Å². The third kappa shape index (κ3) is 2.24. The van der Waals surface area contributed by atoms with Crippen molar-refractivity contribution in [1.82, 2.24) is 20.1 Å². The third-order valence-corrected chi connectivity index (χ3v) is 2.57. The molecule has 0 fully saturated rings. The molecule has 0 radical (unpaired) electrons. The molecule has 0 atom stereocenters. The molecule has 0 bridgehead atoms. The van der Waals surface area contributed by atoms with Crippen LogP contribution in [0.25, 0.3) is 0 Å². The summed E-state index contributed by atoms with van der Waals surface area (Å²) in [7, 11) is 1.71. The van der Waals surface area contributed by atoms with Gasteiger partial charge in [-0.3, -0.25) is 14.3 Å². The van der Waals surface area contributed by atoms with Gasteiger partial charge in [0.25, 0.3) is 11.5 Å². The van der Waals surface area contributed by atoms with E-state index >= 15 is 0 Å². The molecule has 0 saturated heterocycles. The van der Waals surface area contributed by atoms with Crippen LogP contribution in [0.2, 0.25) is 0 Å². The summed E-state index contributed by atoms with van der Waals surface area (Å²) in [6.07, 6.45) is 3.04. The van der Waals surface area contributed by atoms with Crippen LogP contribution in [-0.2, 0) is 13.6 Å². The van der Waals surface area contributed by atoms with Gasteiger partial charge in [-0.2, -0.15) is 5.10 Å². The lowest BCUT2D eigenvalue weighted by atomic mass is 10.2. The lowest BCUT2D eigenvalue weighted by Gasteiger charge is -2.04. The summed E-state index contributed by atoms with van der Waals surface area (Å²) in [6.45, 7) is 0.229. The second kappa shape index (κ2) is 4.74. The average Bonchev–Trinajstić information content (AvgIpc) is 2.68. The van der Waals surface area contributed by atoms with Crippen LogP contribution >= 0.6 is 0 Å². The highest BCUT2D eigenvalue weighted by molar-refractivity contribution is 5.93. The quantitative estimate of drug-likeness (QED) is 0.687. The van der Waals surface area contributed by atoms with Crippen LogP contribution in [-0.4, -0.2) is 20.7 Å². The Hall–Kier alpha value is -2.57. The van der Waals surface area contributed by atoms with Gasteiger partial charge in [-0.05, 0) is 12.1 Å². The van der Waals surface area contributed by atoms with Gasteiger partial charge in [0.15, 0.2) is 0 Å². The fraction of sp³-hybridized carbons (Fsp3) is 0.182. The second-order valence-electron chi connectivity index (χ2n) is 3.77. The maximum absolute atomic E-state index is 11.8. The molecule has 0 aliphatic rings. The number of aromatic amines is 1. The summed E-state index contributed by atoms with van der Waals surface area (Å²) in [5.41, 5.74) is 6.09. The van der Waals surface area contributed by atoms with E-state index in [2.05, 4.69) is 15.4 Å². The van der Waals surface area contributed by atoms with Gasteiger partial charge in [-0.1, -0.05) is 0 Å². The number of nitrogens with two attached hydrogens (primary N) is 1. The summed E-state index contributed by atoms with van der Waals surface area (Å²) >= 11 is 0. The summed E-state index contributed by atoms with van der Waals surface area (Å²) in [5, 5.41) is 6.57. The number of carbonyl (C=O) groups is 1. The minimum atomic E-state index is -0.444. The van der Waals surface area contributed by atoms with Crippen LogP contribution < -0.4 is 16.6 Å². The van der Waals surface area contributed by atoms with Crippen molar-refractivity contribution in [1.29, 1.82) is 0 Å². The number of pyridine rings is 1. The molecule has 2 rings (SSSR count). The Labute approximate surface area is 103 Å². The largest absolute Gasteiger partial charge is 0.384 e. The number of H-pyrrole nitrogens is 1. The van der Waals surface area contributed by atoms with E-state index in [9.17, 15) is 9.59 Å². The summed E-state index contributed by atoms with van der Waals surface area (Å²) in [6, 6.07) is 3.05. The van der Waals surface area contributed by atoms with Crippen LogP contribution in [0.1, 0.15) is 15.9 Å². The Morgan fingerprint density at radius 3 is 3.00 bits per heavy atom. The first kappa shape index (κ1) is 11.9. The van der Waals surface area contributed by atoms with Crippen molar-refractivity contribution in [2.45, 2.75) is 6.54 Å². The standard InChI is InChI=1S/C11H13N5O2/c1-16-9(12)7(6-15-16)5-14-11(18)8-3-2-4-13-10(8)17/h2-4,6H,5,12H2,1H3,(H,13,17)(H,14,18). The number of hydrogen-bond donors (Lipinski definition) is 3. The van der Waals surface area contributed by atoms with Gasteiger partial charge in [0, 0.05) is 25.4 Å². The highest BCUT2D eigenvalue weighted by Crippen LogP contribution is 2.08. The number of aromatic nitrogens is 3. The smallest absolute Gasteiger partial charge is 0.260 e. The van der Waals surface area contributed by atoms with Crippen molar-refractivity contribution >= 4 is 11.7 Å². The van der Waals surface area contributed by atoms with Crippen molar-refractivity contribution in [2.24, 2.45) is 7.05 Å². The van der Waals surface area contributed by atoms with E-state index in [1.165, 1.54) is 16.9 Å². The minimum Gasteiger partial charge on any atom is -0.384 e. The molecule has 4 N–H and O–H groups in total. The number of nitrogen functional groups attached to an aromatic ring is 1. The van der Waals surface area contributed by atoms with Crippen molar-refractivity contribution < 1.29 is 4.79 Å². The first-order chi connectivity index (χ1) is 8.59. The average molecular weight is 247 g/mol. The number of rotatable bonds is 3. The highest BCUT2D eigenvalue weighted by atomic mass is 16.2. The van der Waals surface area contributed by atoms with Gasteiger partial charge in [-0.25, -0.2) is 0 Å². The van der Waals surface area contributed by atoms with Gasteiger partial charge in [0.05, 0.1) is 6.20 Å². The number of nitrogens with zero attached hydrogens (tertiary/aromatic N) is 2. The number of aryl methyl sites for hydroxylation is 1. The predicted octanol–water partition coefficient (Wildman–Crippen LogP) is -0.379. The van der Waals surface area contributed by atoms with Crippen LogP contribution in [0.3, 0.4) is 0 Å². The van der Waals surface area contributed by atoms with Crippen molar-refractivity contribution in [2.75, 3.05) is 5.73 Å². The normalized spacial score (nSPS) is 10.3.